The maximum absolute atomic E-state index is 9.31. The molecule has 1 saturated carbocycles. The van der Waals surface area contributed by atoms with Gasteiger partial charge in [0.15, 0.2) is 0 Å². The van der Waals surface area contributed by atoms with Crippen molar-refractivity contribution < 1.29 is 5.11 Å². The largest absolute Gasteiger partial charge is 0.395 e. The molecule has 3 N–H and O–H groups in total. The van der Waals surface area contributed by atoms with Crippen molar-refractivity contribution in [3.63, 3.8) is 0 Å². The molecule has 2 fully saturated rings. The van der Waals surface area contributed by atoms with Crippen molar-refractivity contribution in [2.45, 2.75) is 37.8 Å². The number of likely N-dealkylation sites (tertiary alicyclic amines) is 1. The van der Waals surface area contributed by atoms with Crippen molar-refractivity contribution >= 4 is 0 Å². The Balaban J connectivity index is 1.90. The summed E-state index contributed by atoms with van der Waals surface area (Å²) in [6.45, 7) is 2.50. The van der Waals surface area contributed by atoms with E-state index in [1.807, 2.05) is 0 Å². The van der Waals surface area contributed by atoms with Gasteiger partial charge in [-0.25, -0.2) is 0 Å². The van der Waals surface area contributed by atoms with E-state index in [0.717, 1.165) is 13.1 Å². The first kappa shape index (κ1) is 9.44. The molecule has 0 aromatic rings. The molecule has 2 unspecified atom stereocenters. The Hall–Kier alpha value is -0.120. The fourth-order valence-corrected chi connectivity index (χ4v) is 2.35. The summed E-state index contributed by atoms with van der Waals surface area (Å²) in [5.41, 5.74) is 6.11. The van der Waals surface area contributed by atoms with Crippen molar-refractivity contribution in [2.24, 2.45) is 11.7 Å². The Morgan fingerprint density at radius 1 is 1.31 bits per heavy atom. The molecule has 13 heavy (non-hydrogen) atoms. The number of hydrogen-bond donors (Lipinski definition) is 2. The Bertz CT molecular complexity index is 162. The maximum Gasteiger partial charge on any atom is 0.0602 e. The summed E-state index contributed by atoms with van der Waals surface area (Å²) in [6.07, 6.45) is 5.08. The van der Waals surface area contributed by atoms with Gasteiger partial charge in [0.2, 0.25) is 0 Å². The van der Waals surface area contributed by atoms with Crippen LogP contribution in [0.15, 0.2) is 0 Å². The van der Waals surface area contributed by atoms with Gasteiger partial charge in [-0.2, -0.15) is 0 Å². The average Bonchev–Trinajstić information content (AvgIpc) is 2.86. The first-order chi connectivity index (χ1) is 6.33. The Labute approximate surface area is 79.9 Å². The fourth-order valence-electron chi connectivity index (χ4n) is 2.35. The summed E-state index contributed by atoms with van der Waals surface area (Å²) in [5, 5.41) is 9.31. The summed E-state index contributed by atoms with van der Waals surface area (Å²) in [4.78, 5) is 2.36. The Morgan fingerprint density at radius 2 is 1.92 bits per heavy atom. The van der Waals surface area contributed by atoms with E-state index in [1.54, 1.807) is 0 Å². The van der Waals surface area contributed by atoms with Crippen molar-refractivity contribution in [3.8, 4) is 0 Å². The lowest BCUT2D eigenvalue weighted by Crippen LogP contribution is -2.50. The molecule has 2 atom stereocenters. The quantitative estimate of drug-likeness (QED) is 0.655. The van der Waals surface area contributed by atoms with Crippen LogP contribution in [0.3, 0.4) is 0 Å². The zero-order valence-electron chi connectivity index (χ0n) is 8.15. The van der Waals surface area contributed by atoms with Gasteiger partial charge in [-0.3, -0.25) is 4.90 Å². The van der Waals surface area contributed by atoms with Crippen LogP contribution >= 0.6 is 0 Å². The smallest absolute Gasteiger partial charge is 0.0602 e. The lowest BCUT2D eigenvalue weighted by atomic mass is 10.0. The van der Waals surface area contributed by atoms with E-state index in [1.165, 1.54) is 25.7 Å². The van der Waals surface area contributed by atoms with E-state index in [2.05, 4.69) is 4.90 Å². The molecule has 2 rings (SSSR count). The lowest BCUT2D eigenvalue weighted by Gasteiger charge is -2.30. The van der Waals surface area contributed by atoms with E-state index in [9.17, 15) is 5.11 Å². The average molecular weight is 184 g/mol. The van der Waals surface area contributed by atoms with Crippen LogP contribution in [-0.2, 0) is 0 Å². The molecular weight excluding hydrogens is 164 g/mol. The van der Waals surface area contributed by atoms with Gasteiger partial charge in [-0.15, -0.1) is 0 Å². The number of hydrogen-bond acceptors (Lipinski definition) is 3. The third-order valence-electron chi connectivity index (χ3n) is 3.41. The van der Waals surface area contributed by atoms with Crippen LogP contribution in [0.25, 0.3) is 0 Å². The topological polar surface area (TPSA) is 49.5 Å². The molecule has 3 nitrogen and oxygen atoms in total. The van der Waals surface area contributed by atoms with Crippen LogP contribution in [0.1, 0.15) is 25.7 Å². The fraction of sp³-hybridized carbons (Fsp3) is 1.00. The summed E-state index contributed by atoms with van der Waals surface area (Å²) >= 11 is 0. The molecule has 3 heteroatoms. The molecule has 0 aromatic heterocycles. The number of rotatable bonds is 4. The molecule has 0 aromatic carbocycles. The number of nitrogens with two attached hydrogens (primary N) is 1. The molecule has 76 valence electrons. The molecule has 2 aliphatic rings. The second kappa shape index (κ2) is 3.95. The van der Waals surface area contributed by atoms with Crippen molar-refractivity contribution in [3.05, 3.63) is 0 Å². The van der Waals surface area contributed by atoms with E-state index in [0.29, 0.717) is 5.92 Å². The monoisotopic (exact) mass is 184 g/mol. The molecule has 1 aliphatic heterocycles. The Kier molecular flexibility index (Phi) is 2.86. The lowest BCUT2D eigenvalue weighted by molar-refractivity contribution is 0.119. The highest BCUT2D eigenvalue weighted by molar-refractivity contribution is 4.94. The molecule has 1 saturated heterocycles. The predicted molar refractivity (Wildman–Crippen MR) is 52.4 cm³/mol. The standard InChI is InChI=1S/C10H20N2O/c11-10(8-3-4-8)9(7-13)12-5-1-2-6-12/h8-10,13H,1-7,11H2. The highest BCUT2D eigenvalue weighted by Gasteiger charge is 2.36. The molecular formula is C10H20N2O. The zero-order chi connectivity index (χ0) is 9.26. The SMILES string of the molecule is NC(C1CC1)C(CO)N1CCCC1. The molecule has 1 heterocycles. The highest BCUT2D eigenvalue weighted by Crippen LogP contribution is 2.34. The minimum Gasteiger partial charge on any atom is -0.395 e. The van der Waals surface area contributed by atoms with Gasteiger partial charge in [0.25, 0.3) is 0 Å². The van der Waals surface area contributed by atoms with Crippen LogP contribution in [0.5, 0.6) is 0 Å². The zero-order valence-corrected chi connectivity index (χ0v) is 8.15. The van der Waals surface area contributed by atoms with E-state index < -0.39 is 0 Å². The third-order valence-corrected chi connectivity index (χ3v) is 3.41. The van der Waals surface area contributed by atoms with Crippen LogP contribution in [0.2, 0.25) is 0 Å². The van der Waals surface area contributed by atoms with Crippen molar-refractivity contribution in [1.29, 1.82) is 0 Å². The molecule has 0 amide bonds. The summed E-state index contributed by atoms with van der Waals surface area (Å²) in [6, 6.07) is 0.443. The van der Waals surface area contributed by atoms with Gasteiger partial charge in [0.1, 0.15) is 0 Å². The van der Waals surface area contributed by atoms with Crippen molar-refractivity contribution in [2.75, 3.05) is 19.7 Å². The third kappa shape index (κ3) is 2.03. The van der Waals surface area contributed by atoms with Crippen LogP contribution in [0, 0.1) is 5.92 Å². The normalized spacial score (nSPS) is 29.1. The number of aliphatic hydroxyl groups excluding tert-OH is 1. The van der Waals surface area contributed by atoms with E-state index in [-0.39, 0.29) is 18.7 Å². The minimum atomic E-state index is 0.211. The van der Waals surface area contributed by atoms with Crippen LogP contribution < -0.4 is 5.73 Å². The van der Waals surface area contributed by atoms with Gasteiger partial charge in [0, 0.05) is 12.1 Å². The Morgan fingerprint density at radius 3 is 2.38 bits per heavy atom. The summed E-state index contributed by atoms with van der Waals surface area (Å²) < 4.78 is 0. The summed E-state index contributed by atoms with van der Waals surface area (Å²) in [5.74, 6) is 0.692. The molecule has 0 bridgehead atoms. The minimum absolute atomic E-state index is 0.211. The second-order valence-corrected chi connectivity index (χ2v) is 4.41. The first-order valence-corrected chi connectivity index (χ1v) is 5.43. The maximum atomic E-state index is 9.31. The number of nitrogens with zero attached hydrogens (tertiary/aromatic N) is 1. The molecule has 1 aliphatic carbocycles. The van der Waals surface area contributed by atoms with E-state index >= 15 is 0 Å². The van der Waals surface area contributed by atoms with Crippen LogP contribution in [-0.4, -0.2) is 41.8 Å². The summed E-state index contributed by atoms with van der Waals surface area (Å²) in [7, 11) is 0. The van der Waals surface area contributed by atoms with Gasteiger partial charge in [-0.1, -0.05) is 0 Å². The highest BCUT2D eigenvalue weighted by atomic mass is 16.3. The molecule has 0 spiro atoms. The number of aliphatic hydroxyl groups is 1. The van der Waals surface area contributed by atoms with Crippen LogP contribution in [0.4, 0.5) is 0 Å². The van der Waals surface area contributed by atoms with Gasteiger partial charge in [0.05, 0.1) is 6.61 Å². The van der Waals surface area contributed by atoms with Gasteiger partial charge >= 0.3 is 0 Å². The van der Waals surface area contributed by atoms with Crippen molar-refractivity contribution in [1.82, 2.24) is 4.90 Å². The first-order valence-electron chi connectivity index (χ1n) is 5.43. The predicted octanol–water partition coefficient (Wildman–Crippen LogP) is 0.180. The van der Waals surface area contributed by atoms with Gasteiger partial charge < -0.3 is 10.8 Å². The molecule has 0 radical (unpaired) electrons. The van der Waals surface area contributed by atoms with E-state index in [4.69, 9.17) is 5.73 Å². The second-order valence-electron chi connectivity index (χ2n) is 4.41. The van der Waals surface area contributed by atoms with Gasteiger partial charge in [-0.05, 0) is 44.7 Å².